The van der Waals surface area contributed by atoms with Crippen LogP contribution in [0.5, 0.6) is 5.75 Å². The number of halogens is 1. The summed E-state index contributed by atoms with van der Waals surface area (Å²) in [5, 5.41) is 13.0. The summed E-state index contributed by atoms with van der Waals surface area (Å²) in [5.74, 6) is -1.88. The fraction of sp³-hybridized carbons (Fsp3) is 0.444. The van der Waals surface area contributed by atoms with Crippen LogP contribution in [0.3, 0.4) is 0 Å². The van der Waals surface area contributed by atoms with Crippen LogP contribution in [-0.2, 0) is 20.9 Å². The molecule has 40 heavy (non-hydrogen) atoms. The summed E-state index contributed by atoms with van der Waals surface area (Å²) >= 11 is 5.86. The first-order valence-electron chi connectivity index (χ1n) is 12.9. The Morgan fingerprint density at radius 2 is 2.00 bits per heavy atom. The summed E-state index contributed by atoms with van der Waals surface area (Å²) in [7, 11) is 1.55. The third kappa shape index (κ3) is 6.35. The molecule has 3 heterocycles. The Balaban J connectivity index is 1.73. The minimum absolute atomic E-state index is 0.0767. The second kappa shape index (κ2) is 12.6. The molecule has 2 amide bonds. The molecule has 4 N–H and O–H groups in total. The SMILES string of the molecule is COCCOc1c(C2CCN(C(C)C)C(C(N)=O)C2)ccc2c1nc(C(=O)O)n2CC(=O)Nc1ccc(Cl)cn1. The maximum Gasteiger partial charge on any atom is 0.372 e. The number of aromatic nitrogens is 3. The summed E-state index contributed by atoms with van der Waals surface area (Å²) in [5.41, 5.74) is 7.30. The molecule has 214 valence electrons. The predicted octanol–water partition coefficient (Wildman–Crippen LogP) is 2.89. The number of carboxylic acid groups (broad SMARTS) is 1. The number of nitrogens with zero attached hydrogens (tertiary/aromatic N) is 4. The zero-order chi connectivity index (χ0) is 29.0. The zero-order valence-corrected chi connectivity index (χ0v) is 23.3. The topological polar surface area (TPSA) is 162 Å². The number of nitrogens with two attached hydrogens (primary N) is 1. The van der Waals surface area contributed by atoms with Gasteiger partial charge in [-0.3, -0.25) is 14.5 Å². The van der Waals surface area contributed by atoms with Crippen LogP contribution in [0.15, 0.2) is 30.5 Å². The van der Waals surface area contributed by atoms with Gasteiger partial charge in [0.1, 0.15) is 24.5 Å². The van der Waals surface area contributed by atoms with Crippen LogP contribution in [0.25, 0.3) is 11.0 Å². The summed E-state index contributed by atoms with van der Waals surface area (Å²) in [4.78, 5) is 47.9. The van der Waals surface area contributed by atoms with E-state index in [9.17, 15) is 19.5 Å². The molecule has 1 fully saturated rings. The number of hydrogen-bond donors (Lipinski definition) is 3. The van der Waals surface area contributed by atoms with Crippen LogP contribution in [0.1, 0.15) is 48.8 Å². The van der Waals surface area contributed by atoms with Crippen molar-refractivity contribution in [3.05, 3.63) is 46.9 Å². The molecule has 0 radical (unpaired) electrons. The molecule has 0 aliphatic carbocycles. The number of fused-ring (bicyclic) bond motifs is 1. The Kier molecular flexibility index (Phi) is 9.23. The Labute approximate surface area is 236 Å². The predicted molar refractivity (Wildman–Crippen MR) is 149 cm³/mol. The molecule has 0 bridgehead atoms. The number of anilines is 1. The molecule has 1 aliphatic rings. The number of nitrogens with one attached hydrogen (secondary N) is 1. The summed E-state index contributed by atoms with van der Waals surface area (Å²) < 4.78 is 12.6. The van der Waals surface area contributed by atoms with Crippen molar-refractivity contribution in [1.29, 1.82) is 0 Å². The van der Waals surface area contributed by atoms with Crippen molar-refractivity contribution < 1.29 is 29.0 Å². The standard InChI is InChI=1S/C27H33ClN6O6/c1-15(2)33-9-8-16(12-20(33)25(29)36)18-5-6-19-23(24(18)40-11-10-39-3)32-26(27(37)38)34(19)14-22(35)31-21-7-4-17(28)13-30-21/h4-7,13,15-16,20H,8-12,14H2,1-3H3,(H2,29,36)(H,37,38)(H,30,31,35). The second-order valence-corrected chi connectivity index (χ2v) is 10.3. The minimum Gasteiger partial charge on any atom is -0.489 e. The van der Waals surface area contributed by atoms with Crippen LogP contribution < -0.4 is 15.8 Å². The van der Waals surface area contributed by atoms with Gasteiger partial charge in [-0.1, -0.05) is 17.7 Å². The molecule has 2 aromatic heterocycles. The van der Waals surface area contributed by atoms with E-state index in [-0.39, 0.29) is 42.7 Å². The van der Waals surface area contributed by atoms with Crippen molar-refractivity contribution in [2.75, 3.05) is 32.2 Å². The third-order valence-corrected chi connectivity index (χ3v) is 7.23. The molecule has 1 aliphatic heterocycles. The summed E-state index contributed by atoms with van der Waals surface area (Å²) in [6.07, 6.45) is 2.63. The van der Waals surface area contributed by atoms with E-state index in [2.05, 4.69) is 20.2 Å². The van der Waals surface area contributed by atoms with E-state index in [1.807, 2.05) is 19.9 Å². The lowest BCUT2D eigenvalue weighted by Crippen LogP contribution is -2.52. The van der Waals surface area contributed by atoms with Gasteiger partial charge in [0.15, 0.2) is 5.75 Å². The highest BCUT2D eigenvalue weighted by Crippen LogP contribution is 2.41. The second-order valence-electron chi connectivity index (χ2n) is 9.90. The first kappa shape index (κ1) is 29.2. The number of primary amides is 1. The first-order chi connectivity index (χ1) is 19.1. The number of carboxylic acids is 1. The lowest BCUT2D eigenvalue weighted by atomic mass is 9.83. The van der Waals surface area contributed by atoms with Crippen LogP contribution >= 0.6 is 11.6 Å². The maximum absolute atomic E-state index is 12.9. The van der Waals surface area contributed by atoms with Gasteiger partial charge in [0.2, 0.25) is 17.6 Å². The van der Waals surface area contributed by atoms with E-state index in [0.717, 1.165) is 12.0 Å². The number of benzene rings is 1. The maximum atomic E-state index is 12.9. The number of piperidine rings is 1. The number of ether oxygens (including phenoxy) is 2. The third-order valence-electron chi connectivity index (χ3n) is 7.00. The van der Waals surface area contributed by atoms with Crippen LogP contribution in [0, 0.1) is 0 Å². The Morgan fingerprint density at radius 1 is 1.23 bits per heavy atom. The number of rotatable bonds is 11. The highest BCUT2D eigenvalue weighted by atomic mass is 35.5. The summed E-state index contributed by atoms with van der Waals surface area (Å²) in [6.45, 7) is 4.90. The van der Waals surface area contributed by atoms with Crippen LogP contribution in [0.4, 0.5) is 5.82 Å². The number of hydrogen-bond acceptors (Lipinski definition) is 8. The zero-order valence-electron chi connectivity index (χ0n) is 22.6. The van der Waals surface area contributed by atoms with E-state index in [1.54, 1.807) is 25.3 Å². The number of methoxy groups -OCH3 is 1. The van der Waals surface area contributed by atoms with Crippen molar-refractivity contribution in [2.45, 2.75) is 51.2 Å². The number of imidazole rings is 1. The lowest BCUT2D eigenvalue weighted by Gasteiger charge is -2.40. The average Bonchev–Trinajstić information content (AvgIpc) is 3.28. The molecular formula is C27H33ClN6O6. The monoisotopic (exact) mass is 572 g/mol. The number of pyridine rings is 1. The Morgan fingerprint density at radius 3 is 2.62 bits per heavy atom. The van der Waals surface area contributed by atoms with Crippen molar-refractivity contribution in [3.63, 3.8) is 0 Å². The van der Waals surface area contributed by atoms with Gasteiger partial charge < -0.3 is 30.2 Å². The van der Waals surface area contributed by atoms with Gasteiger partial charge in [0.25, 0.3) is 0 Å². The van der Waals surface area contributed by atoms with Gasteiger partial charge in [0, 0.05) is 19.3 Å². The van der Waals surface area contributed by atoms with Crippen LogP contribution in [-0.4, -0.2) is 81.3 Å². The van der Waals surface area contributed by atoms with Gasteiger partial charge in [-0.2, -0.15) is 0 Å². The van der Waals surface area contributed by atoms with E-state index in [1.165, 1.54) is 10.8 Å². The molecule has 12 nitrogen and oxygen atoms in total. The number of amides is 2. The normalized spacial score (nSPS) is 17.7. The van der Waals surface area contributed by atoms with Crippen LogP contribution in [0.2, 0.25) is 5.02 Å². The van der Waals surface area contributed by atoms with Gasteiger partial charge in [-0.25, -0.2) is 14.8 Å². The van der Waals surface area contributed by atoms with Crippen molar-refractivity contribution in [3.8, 4) is 5.75 Å². The quantitative estimate of drug-likeness (QED) is 0.293. The lowest BCUT2D eigenvalue weighted by molar-refractivity contribution is -0.125. The highest BCUT2D eigenvalue weighted by molar-refractivity contribution is 6.30. The minimum atomic E-state index is -1.29. The molecule has 3 aromatic rings. The molecule has 2 unspecified atom stereocenters. The molecule has 2 atom stereocenters. The number of carbonyl (C=O) groups is 3. The fourth-order valence-corrected chi connectivity index (χ4v) is 5.26. The number of likely N-dealkylation sites (tertiary alicyclic amines) is 1. The summed E-state index contributed by atoms with van der Waals surface area (Å²) in [6, 6.07) is 6.41. The van der Waals surface area contributed by atoms with E-state index in [0.29, 0.717) is 41.4 Å². The smallest absolute Gasteiger partial charge is 0.372 e. The van der Waals surface area contributed by atoms with E-state index < -0.39 is 17.9 Å². The van der Waals surface area contributed by atoms with Crippen molar-refractivity contribution in [1.82, 2.24) is 19.4 Å². The molecule has 4 rings (SSSR count). The van der Waals surface area contributed by atoms with Gasteiger partial charge >= 0.3 is 5.97 Å². The van der Waals surface area contributed by atoms with Crippen molar-refractivity contribution >= 4 is 46.2 Å². The van der Waals surface area contributed by atoms with E-state index >= 15 is 0 Å². The first-order valence-corrected chi connectivity index (χ1v) is 13.3. The molecular weight excluding hydrogens is 540 g/mol. The Hall–Kier alpha value is -3.74. The largest absolute Gasteiger partial charge is 0.489 e. The molecule has 1 aromatic carbocycles. The Bertz CT molecular complexity index is 1390. The van der Waals surface area contributed by atoms with Gasteiger partial charge in [-0.05, 0) is 62.9 Å². The van der Waals surface area contributed by atoms with E-state index in [4.69, 9.17) is 26.8 Å². The average molecular weight is 573 g/mol. The molecule has 13 heteroatoms. The molecule has 0 saturated carbocycles. The number of carbonyl (C=O) groups excluding carboxylic acids is 2. The van der Waals surface area contributed by atoms with Gasteiger partial charge in [-0.15, -0.1) is 0 Å². The molecule has 0 spiro atoms. The molecule has 1 saturated heterocycles. The number of aromatic carboxylic acids is 1. The fourth-order valence-electron chi connectivity index (χ4n) is 5.15. The van der Waals surface area contributed by atoms with Crippen molar-refractivity contribution in [2.24, 2.45) is 5.73 Å². The highest BCUT2D eigenvalue weighted by Gasteiger charge is 2.36. The van der Waals surface area contributed by atoms with Gasteiger partial charge in [0.05, 0.1) is 23.2 Å².